The van der Waals surface area contributed by atoms with Crippen LogP contribution in [0.25, 0.3) is 0 Å². The highest BCUT2D eigenvalue weighted by molar-refractivity contribution is 14.1. The third-order valence-corrected chi connectivity index (χ3v) is 5.37. The van der Waals surface area contributed by atoms with Gasteiger partial charge < -0.3 is 5.11 Å². The first-order valence-corrected chi connectivity index (χ1v) is 8.00. The Balaban J connectivity index is 3.32. The quantitative estimate of drug-likeness (QED) is 0.592. The predicted octanol–water partition coefficient (Wildman–Crippen LogP) is 2.19. The van der Waals surface area contributed by atoms with Crippen LogP contribution in [-0.4, -0.2) is 36.9 Å². The van der Waals surface area contributed by atoms with Crippen LogP contribution in [0.4, 0.5) is 0 Å². The van der Waals surface area contributed by atoms with E-state index < -0.39 is 16.0 Å². The average Bonchev–Trinajstić information content (AvgIpc) is 2.35. The molecule has 1 aromatic rings. The number of likely N-dealkylation sites (N-methyl/N-ethyl adjacent to an activating group) is 1. The molecule has 1 aromatic carbocycles. The summed E-state index contributed by atoms with van der Waals surface area (Å²) in [6, 6.07) is 4.08. The number of hydrogen-bond donors (Lipinski definition) is 1. The van der Waals surface area contributed by atoms with Gasteiger partial charge in [-0.25, -0.2) is 13.2 Å². The highest BCUT2D eigenvalue weighted by Gasteiger charge is 2.23. The summed E-state index contributed by atoms with van der Waals surface area (Å²) in [5.74, 6) is -1.15. The molecule has 0 aliphatic rings. The zero-order valence-electron chi connectivity index (χ0n) is 10.3. The smallest absolute Gasteiger partial charge is 0.336 e. The van der Waals surface area contributed by atoms with E-state index in [1.807, 2.05) is 22.6 Å². The Morgan fingerprint density at radius 2 is 2.16 bits per heavy atom. The van der Waals surface area contributed by atoms with E-state index in [4.69, 9.17) is 5.11 Å². The van der Waals surface area contributed by atoms with Crippen LogP contribution in [0.5, 0.6) is 0 Å². The largest absolute Gasteiger partial charge is 0.478 e. The topological polar surface area (TPSA) is 74.7 Å². The van der Waals surface area contributed by atoms with Gasteiger partial charge in [0.05, 0.1) is 10.5 Å². The number of carbonyl (C=O) groups is 1. The van der Waals surface area contributed by atoms with Crippen molar-refractivity contribution >= 4 is 38.6 Å². The maximum atomic E-state index is 12.3. The molecule has 0 aliphatic heterocycles. The predicted molar refractivity (Wildman–Crippen MR) is 80.7 cm³/mol. The van der Waals surface area contributed by atoms with E-state index in [0.29, 0.717) is 10.1 Å². The molecular weight excluding hydrogens is 381 g/mol. The minimum Gasteiger partial charge on any atom is -0.478 e. The Morgan fingerprint density at radius 1 is 1.53 bits per heavy atom. The van der Waals surface area contributed by atoms with Gasteiger partial charge >= 0.3 is 5.97 Å². The van der Waals surface area contributed by atoms with E-state index in [1.165, 1.54) is 28.6 Å². The number of benzene rings is 1. The Bertz CT molecular complexity index is 598. The van der Waals surface area contributed by atoms with E-state index in [2.05, 4.69) is 6.58 Å². The van der Waals surface area contributed by atoms with Crippen LogP contribution in [0.15, 0.2) is 35.7 Å². The van der Waals surface area contributed by atoms with Gasteiger partial charge in [-0.05, 0) is 40.8 Å². The van der Waals surface area contributed by atoms with Crippen LogP contribution in [0.3, 0.4) is 0 Å². The second-order valence-electron chi connectivity index (χ2n) is 3.69. The molecule has 104 valence electrons. The standard InChI is InChI=1S/C12H14INO4S/c1-3-7-14(4-2)19(17,18)9-5-6-11(13)10(8-9)12(15)16/h3,5-6,8H,1,4,7H2,2H3,(H,15,16). The molecule has 0 aromatic heterocycles. The van der Waals surface area contributed by atoms with Crippen molar-refractivity contribution in [1.29, 1.82) is 0 Å². The first-order chi connectivity index (χ1) is 8.84. The molecule has 0 unspecified atom stereocenters. The third-order valence-electron chi connectivity index (χ3n) is 2.49. The van der Waals surface area contributed by atoms with Crippen molar-refractivity contribution in [3.8, 4) is 0 Å². The maximum Gasteiger partial charge on any atom is 0.336 e. The minimum atomic E-state index is -3.69. The van der Waals surface area contributed by atoms with E-state index in [1.54, 1.807) is 6.92 Å². The molecule has 0 spiro atoms. The summed E-state index contributed by atoms with van der Waals surface area (Å²) in [7, 11) is -3.69. The normalized spacial score (nSPS) is 11.5. The molecule has 0 heterocycles. The summed E-state index contributed by atoms with van der Waals surface area (Å²) in [5, 5.41) is 9.03. The highest BCUT2D eigenvalue weighted by Crippen LogP contribution is 2.21. The van der Waals surface area contributed by atoms with Crippen molar-refractivity contribution in [2.75, 3.05) is 13.1 Å². The van der Waals surface area contributed by atoms with Crippen LogP contribution in [-0.2, 0) is 10.0 Å². The fourth-order valence-electron chi connectivity index (χ4n) is 1.52. The fourth-order valence-corrected chi connectivity index (χ4v) is 3.53. The van der Waals surface area contributed by atoms with Gasteiger partial charge in [0.25, 0.3) is 0 Å². The van der Waals surface area contributed by atoms with Gasteiger partial charge in [0.1, 0.15) is 0 Å². The van der Waals surface area contributed by atoms with Crippen molar-refractivity contribution in [1.82, 2.24) is 4.31 Å². The monoisotopic (exact) mass is 395 g/mol. The number of nitrogens with zero attached hydrogens (tertiary/aromatic N) is 1. The average molecular weight is 395 g/mol. The van der Waals surface area contributed by atoms with Gasteiger partial charge in [-0.1, -0.05) is 13.0 Å². The molecule has 1 N–H and O–H groups in total. The Morgan fingerprint density at radius 3 is 2.63 bits per heavy atom. The van der Waals surface area contributed by atoms with Gasteiger partial charge in [-0.15, -0.1) is 6.58 Å². The lowest BCUT2D eigenvalue weighted by Gasteiger charge is -2.19. The van der Waals surface area contributed by atoms with E-state index in [9.17, 15) is 13.2 Å². The zero-order chi connectivity index (χ0) is 14.6. The summed E-state index contributed by atoms with van der Waals surface area (Å²) in [6.45, 7) is 5.71. The van der Waals surface area contributed by atoms with Crippen molar-refractivity contribution < 1.29 is 18.3 Å². The van der Waals surface area contributed by atoms with Gasteiger partial charge in [0.2, 0.25) is 10.0 Å². The van der Waals surface area contributed by atoms with Crippen LogP contribution in [0, 0.1) is 3.57 Å². The zero-order valence-corrected chi connectivity index (χ0v) is 13.3. The Kier molecular flexibility index (Phi) is 5.50. The summed E-state index contributed by atoms with van der Waals surface area (Å²) < 4.78 is 26.4. The second-order valence-corrected chi connectivity index (χ2v) is 6.79. The molecular formula is C12H14INO4S. The maximum absolute atomic E-state index is 12.3. The number of halogens is 1. The molecule has 5 nitrogen and oxygen atoms in total. The molecule has 0 bridgehead atoms. The highest BCUT2D eigenvalue weighted by atomic mass is 127. The Hall–Kier alpha value is -0.930. The first-order valence-electron chi connectivity index (χ1n) is 5.48. The molecule has 0 atom stereocenters. The summed E-state index contributed by atoms with van der Waals surface area (Å²) in [6.07, 6.45) is 1.49. The molecule has 0 saturated carbocycles. The van der Waals surface area contributed by atoms with Crippen LogP contribution < -0.4 is 0 Å². The van der Waals surface area contributed by atoms with E-state index >= 15 is 0 Å². The van der Waals surface area contributed by atoms with E-state index in [-0.39, 0.29) is 17.0 Å². The van der Waals surface area contributed by atoms with Crippen molar-refractivity contribution in [2.24, 2.45) is 0 Å². The fraction of sp³-hybridized carbons (Fsp3) is 0.250. The first kappa shape index (κ1) is 16.1. The van der Waals surface area contributed by atoms with Crippen LogP contribution in [0.1, 0.15) is 17.3 Å². The second kappa shape index (κ2) is 6.49. The van der Waals surface area contributed by atoms with Crippen molar-refractivity contribution in [3.63, 3.8) is 0 Å². The molecule has 19 heavy (non-hydrogen) atoms. The molecule has 0 radical (unpaired) electrons. The van der Waals surface area contributed by atoms with Crippen molar-refractivity contribution in [3.05, 3.63) is 40.0 Å². The number of carboxylic acids is 1. The van der Waals surface area contributed by atoms with Gasteiger partial charge in [0.15, 0.2) is 0 Å². The molecule has 0 amide bonds. The molecule has 1 rings (SSSR count). The summed E-state index contributed by atoms with van der Waals surface area (Å²) >= 11 is 1.86. The molecule has 0 aliphatic carbocycles. The number of carboxylic acid groups (broad SMARTS) is 1. The van der Waals surface area contributed by atoms with Gasteiger partial charge in [-0.2, -0.15) is 4.31 Å². The van der Waals surface area contributed by atoms with Gasteiger partial charge in [-0.3, -0.25) is 0 Å². The number of sulfonamides is 1. The lowest BCUT2D eigenvalue weighted by molar-refractivity contribution is 0.0695. The SMILES string of the molecule is C=CCN(CC)S(=O)(=O)c1ccc(I)c(C(=O)O)c1. The van der Waals surface area contributed by atoms with Crippen LogP contribution >= 0.6 is 22.6 Å². The molecule has 0 fully saturated rings. The third kappa shape index (κ3) is 3.54. The van der Waals surface area contributed by atoms with Crippen molar-refractivity contribution in [2.45, 2.75) is 11.8 Å². The number of rotatable bonds is 6. The number of aromatic carboxylic acids is 1. The summed E-state index contributed by atoms with van der Waals surface area (Å²) in [5.41, 5.74) is -0.0173. The Labute approximate surface area is 126 Å². The minimum absolute atomic E-state index is 0.0173. The van der Waals surface area contributed by atoms with Crippen LogP contribution in [0.2, 0.25) is 0 Å². The lowest BCUT2D eigenvalue weighted by atomic mass is 10.2. The number of hydrogen-bond acceptors (Lipinski definition) is 3. The van der Waals surface area contributed by atoms with E-state index in [0.717, 1.165) is 0 Å². The summed E-state index contributed by atoms with van der Waals surface area (Å²) in [4.78, 5) is 11.0. The molecule has 0 saturated heterocycles. The van der Waals surface area contributed by atoms with Gasteiger partial charge in [0, 0.05) is 16.7 Å². The lowest BCUT2D eigenvalue weighted by Crippen LogP contribution is -2.31. The molecule has 7 heteroatoms.